The lowest BCUT2D eigenvalue weighted by Crippen LogP contribution is -2.46. The first kappa shape index (κ1) is 21.5. The van der Waals surface area contributed by atoms with Crippen LogP contribution in [-0.4, -0.2) is 43.2 Å². The number of fused-ring (bicyclic) bond motifs is 1. The SMILES string of the molecule is CC(C)c1ccc(S(=O)(=O)N2CCC(C(=O)N3CCc4sccc4C3C)CC2)cc1. The molecule has 1 aromatic carbocycles. The second-order valence-corrected chi connectivity index (χ2v) is 11.6. The highest BCUT2D eigenvalue weighted by Gasteiger charge is 2.36. The van der Waals surface area contributed by atoms with E-state index in [0.29, 0.717) is 36.7 Å². The standard InChI is InChI=1S/C23H30N2O3S2/c1-16(2)18-4-6-20(7-5-18)30(27,28)24-12-8-19(9-13-24)23(26)25-14-10-22-21(17(25)3)11-15-29-22/h4-7,11,15-17,19H,8-10,12-14H2,1-3H3. The molecule has 1 unspecified atom stereocenters. The third kappa shape index (κ3) is 3.95. The van der Waals surface area contributed by atoms with E-state index >= 15 is 0 Å². The number of sulfonamides is 1. The van der Waals surface area contributed by atoms with Crippen LogP contribution in [0.4, 0.5) is 0 Å². The highest BCUT2D eigenvalue weighted by atomic mass is 32.2. The largest absolute Gasteiger partial charge is 0.335 e. The quantitative estimate of drug-likeness (QED) is 0.699. The van der Waals surface area contributed by atoms with E-state index in [9.17, 15) is 13.2 Å². The van der Waals surface area contributed by atoms with Gasteiger partial charge in [-0.05, 0) is 66.8 Å². The smallest absolute Gasteiger partial charge is 0.243 e. The van der Waals surface area contributed by atoms with Gasteiger partial charge in [0.2, 0.25) is 15.9 Å². The number of hydrogen-bond acceptors (Lipinski definition) is 4. The van der Waals surface area contributed by atoms with E-state index in [0.717, 1.165) is 18.5 Å². The summed E-state index contributed by atoms with van der Waals surface area (Å²) >= 11 is 1.77. The third-order valence-corrected chi connectivity index (χ3v) is 9.46. The van der Waals surface area contributed by atoms with E-state index < -0.39 is 10.0 Å². The van der Waals surface area contributed by atoms with Gasteiger partial charge in [0.1, 0.15) is 0 Å². The first-order valence-electron chi connectivity index (χ1n) is 10.8. The summed E-state index contributed by atoms with van der Waals surface area (Å²) in [7, 11) is -3.51. The molecule has 2 aliphatic rings. The summed E-state index contributed by atoms with van der Waals surface area (Å²) in [6.07, 6.45) is 2.09. The maximum Gasteiger partial charge on any atom is 0.243 e. The maximum atomic E-state index is 13.2. The van der Waals surface area contributed by atoms with Crippen LogP contribution < -0.4 is 0 Å². The summed E-state index contributed by atoms with van der Waals surface area (Å²) in [5.74, 6) is 0.450. The molecule has 0 saturated carbocycles. The Kier molecular flexibility index (Phi) is 6.06. The Balaban J connectivity index is 1.40. The van der Waals surface area contributed by atoms with E-state index in [1.807, 2.05) is 17.0 Å². The predicted molar refractivity (Wildman–Crippen MR) is 120 cm³/mol. The Morgan fingerprint density at radius 2 is 1.73 bits per heavy atom. The van der Waals surface area contributed by atoms with Gasteiger partial charge in [0.05, 0.1) is 10.9 Å². The average molecular weight is 447 g/mol. The van der Waals surface area contributed by atoms with Crippen molar-refractivity contribution in [2.24, 2.45) is 5.92 Å². The molecule has 5 nitrogen and oxygen atoms in total. The van der Waals surface area contributed by atoms with Crippen molar-refractivity contribution < 1.29 is 13.2 Å². The summed E-state index contributed by atoms with van der Waals surface area (Å²) in [5, 5.41) is 2.10. The van der Waals surface area contributed by atoms with Crippen LogP contribution >= 0.6 is 11.3 Å². The van der Waals surface area contributed by atoms with Gasteiger partial charge in [-0.1, -0.05) is 26.0 Å². The van der Waals surface area contributed by atoms with Gasteiger partial charge in [-0.25, -0.2) is 8.42 Å². The molecule has 0 spiro atoms. The first-order valence-corrected chi connectivity index (χ1v) is 13.1. The second kappa shape index (κ2) is 8.44. The molecule has 1 saturated heterocycles. The summed E-state index contributed by atoms with van der Waals surface area (Å²) < 4.78 is 27.6. The van der Waals surface area contributed by atoms with Crippen LogP contribution in [0.25, 0.3) is 0 Å². The fourth-order valence-corrected chi connectivity index (χ4v) is 6.99. The number of nitrogens with zero attached hydrogens (tertiary/aromatic N) is 2. The van der Waals surface area contributed by atoms with Gasteiger partial charge in [0.25, 0.3) is 0 Å². The zero-order valence-corrected chi connectivity index (χ0v) is 19.5. The van der Waals surface area contributed by atoms with Crippen LogP contribution in [-0.2, 0) is 21.2 Å². The summed E-state index contributed by atoms with van der Waals surface area (Å²) in [5.41, 5.74) is 2.40. The van der Waals surface area contributed by atoms with Crippen molar-refractivity contribution in [2.75, 3.05) is 19.6 Å². The molecule has 0 aliphatic carbocycles. The van der Waals surface area contributed by atoms with E-state index in [1.165, 1.54) is 14.7 Å². The Labute approximate surface area is 183 Å². The molecule has 30 heavy (non-hydrogen) atoms. The molecular formula is C23H30N2O3S2. The van der Waals surface area contributed by atoms with Gasteiger partial charge in [-0.2, -0.15) is 4.31 Å². The van der Waals surface area contributed by atoms with E-state index in [2.05, 4.69) is 32.2 Å². The summed E-state index contributed by atoms with van der Waals surface area (Å²) in [6, 6.07) is 9.43. The van der Waals surface area contributed by atoms with Crippen molar-refractivity contribution in [3.63, 3.8) is 0 Å². The number of rotatable bonds is 4. The van der Waals surface area contributed by atoms with E-state index in [4.69, 9.17) is 0 Å². The maximum absolute atomic E-state index is 13.2. The zero-order valence-electron chi connectivity index (χ0n) is 17.9. The fraction of sp³-hybridized carbons (Fsp3) is 0.522. The van der Waals surface area contributed by atoms with Gasteiger partial charge in [-0.15, -0.1) is 11.3 Å². The number of hydrogen-bond donors (Lipinski definition) is 0. The predicted octanol–water partition coefficient (Wildman–Crippen LogP) is 4.42. The van der Waals surface area contributed by atoms with Gasteiger partial charge in [0, 0.05) is 30.4 Å². The van der Waals surface area contributed by atoms with Crippen molar-refractivity contribution >= 4 is 27.3 Å². The van der Waals surface area contributed by atoms with Crippen molar-refractivity contribution in [3.05, 3.63) is 51.7 Å². The molecule has 7 heteroatoms. The highest BCUT2D eigenvalue weighted by molar-refractivity contribution is 7.89. The average Bonchev–Trinajstić information content (AvgIpc) is 3.23. The Hall–Kier alpha value is -1.70. The number of carbonyl (C=O) groups excluding carboxylic acids is 1. The lowest BCUT2D eigenvalue weighted by atomic mass is 9.93. The molecule has 1 fully saturated rings. The molecule has 1 amide bonds. The van der Waals surface area contributed by atoms with Crippen molar-refractivity contribution in [3.8, 4) is 0 Å². The first-order chi connectivity index (χ1) is 14.3. The molecule has 4 rings (SSSR count). The minimum atomic E-state index is -3.51. The summed E-state index contributed by atoms with van der Waals surface area (Å²) in [4.78, 5) is 16.9. The number of carbonyl (C=O) groups is 1. The Bertz CT molecular complexity index is 1000. The van der Waals surface area contributed by atoms with Crippen LogP contribution in [0.5, 0.6) is 0 Å². The molecule has 0 radical (unpaired) electrons. The minimum absolute atomic E-state index is 0.0950. The molecule has 2 aromatic rings. The van der Waals surface area contributed by atoms with Crippen LogP contribution in [0.3, 0.4) is 0 Å². The topological polar surface area (TPSA) is 57.7 Å². The van der Waals surface area contributed by atoms with Crippen molar-refractivity contribution in [1.82, 2.24) is 9.21 Å². The lowest BCUT2D eigenvalue weighted by molar-refractivity contribution is -0.139. The van der Waals surface area contributed by atoms with Crippen molar-refractivity contribution in [2.45, 2.75) is 56.9 Å². The fourth-order valence-electron chi connectivity index (χ4n) is 4.56. The molecule has 1 atom stereocenters. The zero-order chi connectivity index (χ0) is 21.5. The van der Waals surface area contributed by atoms with E-state index in [1.54, 1.807) is 23.5 Å². The molecule has 1 aromatic heterocycles. The van der Waals surface area contributed by atoms with Gasteiger partial charge in [0.15, 0.2) is 0 Å². The van der Waals surface area contributed by atoms with Gasteiger partial charge in [-0.3, -0.25) is 4.79 Å². The Morgan fingerprint density at radius 3 is 2.37 bits per heavy atom. The van der Waals surface area contributed by atoms with Crippen LogP contribution in [0.1, 0.15) is 61.6 Å². The lowest BCUT2D eigenvalue weighted by Gasteiger charge is -2.38. The molecular weight excluding hydrogens is 416 g/mol. The number of amides is 1. The second-order valence-electron chi connectivity index (χ2n) is 8.66. The minimum Gasteiger partial charge on any atom is -0.335 e. The third-order valence-electron chi connectivity index (χ3n) is 6.55. The number of benzene rings is 1. The normalized spacial score (nSPS) is 21.1. The monoisotopic (exact) mass is 446 g/mol. The van der Waals surface area contributed by atoms with Gasteiger partial charge < -0.3 is 4.90 Å². The number of thiophene rings is 1. The number of piperidine rings is 1. The highest BCUT2D eigenvalue weighted by Crippen LogP contribution is 2.35. The molecule has 3 heterocycles. The Morgan fingerprint density at radius 1 is 1.07 bits per heavy atom. The van der Waals surface area contributed by atoms with Gasteiger partial charge >= 0.3 is 0 Å². The molecule has 162 valence electrons. The van der Waals surface area contributed by atoms with Crippen molar-refractivity contribution in [1.29, 1.82) is 0 Å². The van der Waals surface area contributed by atoms with Crippen LogP contribution in [0.2, 0.25) is 0 Å². The van der Waals surface area contributed by atoms with Crippen LogP contribution in [0, 0.1) is 5.92 Å². The molecule has 0 bridgehead atoms. The summed E-state index contributed by atoms with van der Waals surface area (Å²) in [6.45, 7) is 7.84. The van der Waals surface area contributed by atoms with Crippen LogP contribution in [0.15, 0.2) is 40.6 Å². The molecule has 2 aliphatic heterocycles. The molecule has 0 N–H and O–H groups in total. The van der Waals surface area contributed by atoms with E-state index in [-0.39, 0.29) is 17.9 Å².